The van der Waals surface area contributed by atoms with Gasteiger partial charge in [-0.3, -0.25) is 0 Å². The monoisotopic (exact) mass is 237 g/mol. The van der Waals surface area contributed by atoms with Gasteiger partial charge in [0.25, 0.3) is 0 Å². The molecule has 1 aliphatic carbocycles. The number of nitriles is 1. The first-order valence-corrected chi connectivity index (χ1v) is 7.13. The van der Waals surface area contributed by atoms with Crippen LogP contribution < -0.4 is 0 Å². The van der Waals surface area contributed by atoms with E-state index in [1.807, 2.05) is 7.11 Å². The maximum atomic E-state index is 8.95. The number of ether oxygens (including phenoxy) is 1. The van der Waals surface area contributed by atoms with Crippen LogP contribution in [0.1, 0.15) is 58.8 Å². The molecule has 0 bridgehead atoms. The van der Waals surface area contributed by atoms with E-state index >= 15 is 0 Å². The van der Waals surface area contributed by atoms with Gasteiger partial charge < -0.3 is 4.74 Å². The topological polar surface area (TPSA) is 33.0 Å². The third-order valence-electron chi connectivity index (χ3n) is 4.50. The highest BCUT2D eigenvalue weighted by molar-refractivity contribution is 4.83. The highest BCUT2D eigenvalue weighted by Crippen LogP contribution is 2.34. The Hall–Kier alpha value is -0.550. The predicted molar refractivity (Wildman–Crippen MR) is 70.5 cm³/mol. The van der Waals surface area contributed by atoms with Crippen molar-refractivity contribution < 1.29 is 4.74 Å². The standard InChI is InChI=1S/C15H27NO/c1-4-13(11-16)6-5-12(2)14-7-9-15(17-3)10-8-14/h12-15H,4-10H2,1-3H3. The molecule has 98 valence electrons. The van der Waals surface area contributed by atoms with E-state index in [0.29, 0.717) is 6.10 Å². The molecule has 2 atom stereocenters. The van der Waals surface area contributed by atoms with Crippen molar-refractivity contribution in [3.63, 3.8) is 0 Å². The van der Waals surface area contributed by atoms with Crippen LogP contribution in [0.5, 0.6) is 0 Å². The summed E-state index contributed by atoms with van der Waals surface area (Å²) >= 11 is 0. The highest BCUT2D eigenvalue weighted by Gasteiger charge is 2.25. The molecule has 0 N–H and O–H groups in total. The largest absolute Gasteiger partial charge is 0.381 e. The van der Waals surface area contributed by atoms with Gasteiger partial charge in [0.1, 0.15) is 0 Å². The van der Waals surface area contributed by atoms with Crippen LogP contribution in [0, 0.1) is 29.1 Å². The summed E-state index contributed by atoms with van der Waals surface area (Å²) < 4.78 is 5.41. The van der Waals surface area contributed by atoms with E-state index in [1.54, 1.807) is 0 Å². The molecule has 0 heterocycles. The van der Waals surface area contributed by atoms with Crippen LogP contribution in [0.2, 0.25) is 0 Å². The van der Waals surface area contributed by atoms with Crippen LogP contribution in [0.25, 0.3) is 0 Å². The summed E-state index contributed by atoms with van der Waals surface area (Å²) in [5.74, 6) is 1.90. The summed E-state index contributed by atoms with van der Waals surface area (Å²) in [5.41, 5.74) is 0. The molecule has 1 fully saturated rings. The first kappa shape index (κ1) is 14.5. The molecule has 0 spiro atoms. The van der Waals surface area contributed by atoms with Crippen LogP contribution in [-0.2, 0) is 4.74 Å². The lowest BCUT2D eigenvalue weighted by Gasteiger charge is -2.31. The molecule has 0 aromatic carbocycles. The van der Waals surface area contributed by atoms with Gasteiger partial charge in [-0.05, 0) is 56.8 Å². The Kier molecular flexibility index (Phi) is 6.58. The SMILES string of the molecule is CCC(C#N)CCC(C)C1CCC(OC)CC1. The Morgan fingerprint density at radius 2 is 1.88 bits per heavy atom. The van der Waals surface area contributed by atoms with Crippen molar-refractivity contribution in [2.45, 2.75) is 64.9 Å². The van der Waals surface area contributed by atoms with Crippen molar-refractivity contribution in [3.8, 4) is 6.07 Å². The average Bonchev–Trinajstić information content (AvgIpc) is 2.39. The minimum Gasteiger partial charge on any atom is -0.381 e. The zero-order valence-electron chi connectivity index (χ0n) is 11.6. The van der Waals surface area contributed by atoms with E-state index in [0.717, 1.165) is 24.7 Å². The summed E-state index contributed by atoms with van der Waals surface area (Å²) in [7, 11) is 1.83. The molecule has 2 nitrogen and oxygen atoms in total. The normalized spacial score (nSPS) is 28.4. The quantitative estimate of drug-likeness (QED) is 0.695. The molecule has 2 unspecified atom stereocenters. The third-order valence-corrected chi connectivity index (χ3v) is 4.50. The fourth-order valence-corrected chi connectivity index (χ4v) is 2.95. The molecule has 17 heavy (non-hydrogen) atoms. The van der Waals surface area contributed by atoms with Gasteiger partial charge in [0.2, 0.25) is 0 Å². The molecule has 0 amide bonds. The number of hydrogen-bond acceptors (Lipinski definition) is 2. The van der Waals surface area contributed by atoms with Crippen molar-refractivity contribution in [2.24, 2.45) is 17.8 Å². The second-order valence-corrected chi connectivity index (χ2v) is 5.56. The van der Waals surface area contributed by atoms with Gasteiger partial charge in [0.05, 0.1) is 12.2 Å². The average molecular weight is 237 g/mol. The van der Waals surface area contributed by atoms with Crippen molar-refractivity contribution in [3.05, 3.63) is 0 Å². The Labute approximate surface area is 106 Å². The summed E-state index contributed by atoms with van der Waals surface area (Å²) in [6.45, 7) is 4.48. The minimum absolute atomic E-state index is 0.271. The van der Waals surface area contributed by atoms with E-state index in [1.165, 1.54) is 32.1 Å². The van der Waals surface area contributed by atoms with Gasteiger partial charge in [-0.1, -0.05) is 13.8 Å². The fourth-order valence-electron chi connectivity index (χ4n) is 2.95. The van der Waals surface area contributed by atoms with Gasteiger partial charge in [-0.15, -0.1) is 0 Å². The van der Waals surface area contributed by atoms with Gasteiger partial charge in [-0.25, -0.2) is 0 Å². The van der Waals surface area contributed by atoms with Crippen LogP contribution in [0.15, 0.2) is 0 Å². The molecule has 1 aliphatic rings. The first-order valence-electron chi connectivity index (χ1n) is 7.13. The summed E-state index contributed by atoms with van der Waals surface area (Å²) in [6.07, 6.45) is 8.86. The maximum Gasteiger partial charge on any atom is 0.0655 e. The van der Waals surface area contributed by atoms with E-state index in [9.17, 15) is 0 Å². The first-order chi connectivity index (χ1) is 8.21. The number of nitrogens with zero attached hydrogens (tertiary/aromatic N) is 1. The van der Waals surface area contributed by atoms with E-state index in [2.05, 4.69) is 19.9 Å². The number of hydrogen-bond donors (Lipinski definition) is 0. The second-order valence-electron chi connectivity index (χ2n) is 5.56. The van der Waals surface area contributed by atoms with Gasteiger partial charge in [0.15, 0.2) is 0 Å². The molecule has 0 aromatic rings. The van der Waals surface area contributed by atoms with Gasteiger partial charge >= 0.3 is 0 Å². The van der Waals surface area contributed by atoms with E-state index in [4.69, 9.17) is 10.00 Å². The lowest BCUT2D eigenvalue weighted by atomic mass is 9.77. The van der Waals surface area contributed by atoms with E-state index in [-0.39, 0.29) is 5.92 Å². The molecular formula is C15H27NO. The Morgan fingerprint density at radius 3 is 2.35 bits per heavy atom. The fraction of sp³-hybridized carbons (Fsp3) is 0.933. The van der Waals surface area contributed by atoms with Crippen LogP contribution in [0.3, 0.4) is 0 Å². The predicted octanol–water partition coefficient (Wildman–Crippen LogP) is 4.16. The molecule has 0 aromatic heterocycles. The van der Waals surface area contributed by atoms with Crippen molar-refractivity contribution >= 4 is 0 Å². The Bertz CT molecular complexity index is 238. The van der Waals surface area contributed by atoms with Crippen LogP contribution >= 0.6 is 0 Å². The zero-order valence-corrected chi connectivity index (χ0v) is 11.6. The molecule has 0 aliphatic heterocycles. The number of methoxy groups -OCH3 is 1. The van der Waals surface area contributed by atoms with Crippen molar-refractivity contribution in [2.75, 3.05) is 7.11 Å². The van der Waals surface area contributed by atoms with Crippen LogP contribution in [-0.4, -0.2) is 13.2 Å². The zero-order chi connectivity index (χ0) is 12.7. The smallest absolute Gasteiger partial charge is 0.0655 e. The van der Waals surface area contributed by atoms with Gasteiger partial charge in [0, 0.05) is 13.0 Å². The van der Waals surface area contributed by atoms with Gasteiger partial charge in [-0.2, -0.15) is 5.26 Å². The molecule has 1 saturated carbocycles. The van der Waals surface area contributed by atoms with Crippen LogP contribution in [0.4, 0.5) is 0 Å². The minimum atomic E-state index is 0.271. The lowest BCUT2D eigenvalue weighted by Crippen LogP contribution is -2.24. The summed E-state index contributed by atoms with van der Waals surface area (Å²) in [5, 5.41) is 8.95. The van der Waals surface area contributed by atoms with Crippen molar-refractivity contribution in [1.29, 1.82) is 5.26 Å². The van der Waals surface area contributed by atoms with E-state index < -0.39 is 0 Å². The maximum absolute atomic E-state index is 8.95. The highest BCUT2D eigenvalue weighted by atomic mass is 16.5. The summed E-state index contributed by atoms with van der Waals surface area (Å²) in [4.78, 5) is 0. The number of rotatable bonds is 6. The van der Waals surface area contributed by atoms with Crippen molar-refractivity contribution in [1.82, 2.24) is 0 Å². The summed E-state index contributed by atoms with van der Waals surface area (Å²) in [6, 6.07) is 2.41. The lowest BCUT2D eigenvalue weighted by molar-refractivity contribution is 0.0467. The third kappa shape index (κ3) is 4.68. The molecule has 0 saturated heterocycles. The molecule has 2 heteroatoms. The Morgan fingerprint density at radius 1 is 1.24 bits per heavy atom. The second kappa shape index (κ2) is 7.71. The molecular weight excluding hydrogens is 210 g/mol. The molecule has 0 radical (unpaired) electrons. The Balaban J connectivity index is 2.25. The molecule has 1 rings (SSSR count).